The number of hydrogen-bond donors (Lipinski definition) is 3. The van der Waals surface area contributed by atoms with Gasteiger partial charge in [0, 0.05) is 29.8 Å². The van der Waals surface area contributed by atoms with Crippen LogP contribution < -0.4 is 10.6 Å². The van der Waals surface area contributed by atoms with Crippen molar-refractivity contribution < 1.29 is 9.50 Å². The van der Waals surface area contributed by atoms with Crippen molar-refractivity contribution >= 4 is 17.3 Å². The average molecular weight is 448 g/mol. The Morgan fingerprint density at radius 2 is 2.06 bits per heavy atom. The Morgan fingerprint density at radius 3 is 2.76 bits per heavy atom. The Morgan fingerprint density at radius 1 is 1.27 bits per heavy atom. The molecule has 0 bridgehead atoms. The molecule has 3 aromatic rings. The Bertz CT molecular complexity index is 1250. The molecule has 0 saturated carbocycles. The molecule has 3 heterocycles. The summed E-state index contributed by atoms with van der Waals surface area (Å²) in [4.78, 5) is 15.0. The van der Waals surface area contributed by atoms with Crippen LogP contribution in [0.25, 0.3) is 11.3 Å². The Labute approximate surface area is 192 Å². The van der Waals surface area contributed by atoms with E-state index in [2.05, 4.69) is 36.6 Å². The third-order valence-corrected chi connectivity index (χ3v) is 5.87. The highest BCUT2D eigenvalue weighted by molar-refractivity contribution is 5.76. The fourth-order valence-electron chi connectivity index (χ4n) is 3.96. The van der Waals surface area contributed by atoms with Gasteiger partial charge in [-0.15, -0.1) is 0 Å². The summed E-state index contributed by atoms with van der Waals surface area (Å²) in [6, 6.07) is 7.52. The Kier molecular flexibility index (Phi) is 5.97. The van der Waals surface area contributed by atoms with Gasteiger partial charge < -0.3 is 20.6 Å². The number of pyridine rings is 1. The SMILES string of the molecule is Cc1ncc(Nc2ncc(F)c(-c3cc(C#N)c4c(c3)C(C)(CO)CN4)n2)cc1CN(C)C. The van der Waals surface area contributed by atoms with Crippen LogP contribution in [0.5, 0.6) is 0 Å². The molecule has 1 atom stereocenters. The van der Waals surface area contributed by atoms with E-state index in [4.69, 9.17) is 0 Å². The largest absolute Gasteiger partial charge is 0.395 e. The van der Waals surface area contributed by atoms with Gasteiger partial charge in [0.15, 0.2) is 5.82 Å². The van der Waals surface area contributed by atoms with E-state index in [1.165, 1.54) is 0 Å². The minimum Gasteiger partial charge on any atom is -0.395 e. The molecule has 0 radical (unpaired) electrons. The number of aryl methyl sites for hydroxylation is 1. The number of aliphatic hydroxyl groups is 1. The molecule has 170 valence electrons. The fourth-order valence-corrected chi connectivity index (χ4v) is 3.96. The van der Waals surface area contributed by atoms with E-state index in [0.717, 1.165) is 29.6 Å². The molecule has 0 amide bonds. The molecule has 4 rings (SSSR count). The van der Waals surface area contributed by atoms with E-state index in [0.29, 0.717) is 29.0 Å². The van der Waals surface area contributed by atoms with Gasteiger partial charge >= 0.3 is 0 Å². The molecule has 3 N–H and O–H groups in total. The first-order valence-corrected chi connectivity index (χ1v) is 10.6. The van der Waals surface area contributed by atoms with E-state index in [1.807, 2.05) is 34.0 Å². The molecule has 1 unspecified atom stereocenters. The predicted molar refractivity (Wildman–Crippen MR) is 125 cm³/mol. The van der Waals surface area contributed by atoms with Crippen molar-refractivity contribution in [2.45, 2.75) is 25.8 Å². The molecule has 1 aromatic carbocycles. The van der Waals surface area contributed by atoms with Crippen LogP contribution in [0.15, 0.2) is 30.6 Å². The van der Waals surface area contributed by atoms with E-state index in [1.54, 1.807) is 18.3 Å². The maximum Gasteiger partial charge on any atom is 0.227 e. The standard InChI is InChI=1S/C24H26FN7O/c1-14-17(11-32(3)4)6-18(9-27-14)30-23-28-10-20(25)22(31-23)15-5-16(8-26)21-19(7-15)24(2,13-33)12-29-21/h5-7,9-10,29,33H,11-13H2,1-4H3,(H,28,30,31). The van der Waals surface area contributed by atoms with Crippen LogP contribution in [-0.4, -0.2) is 52.2 Å². The second-order valence-electron chi connectivity index (χ2n) is 8.85. The number of aromatic nitrogens is 3. The fraction of sp³-hybridized carbons (Fsp3) is 0.333. The number of nitrogens with one attached hydrogen (secondary N) is 2. The number of rotatable bonds is 6. The van der Waals surface area contributed by atoms with E-state index in [-0.39, 0.29) is 18.2 Å². The van der Waals surface area contributed by atoms with Crippen LogP contribution in [0.1, 0.15) is 29.3 Å². The number of anilines is 3. The van der Waals surface area contributed by atoms with E-state index < -0.39 is 11.2 Å². The summed E-state index contributed by atoms with van der Waals surface area (Å²) in [5.41, 5.74) is 4.45. The third kappa shape index (κ3) is 4.35. The maximum absolute atomic E-state index is 14.8. The van der Waals surface area contributed by atoms with Crippen molar-refractivity contribution in [2.75, 3.05) is 37.9 Å². The van der Waals surface area contributed by atoms with Crippen molar-refractivity contribution in [3.8, 4) is 17.3 Å². The highest BCUT2D eigenvalue weighted by Crippen LogP contribution is 2.41. The minimum absolute atomic E-state index is 0.0765. The molecule has 8 nitrogen and oxygen atoms in total. The van der Waals surface area contributed by atoms with E-state index in [9.17, 15) is 14.8 Å². The van der Waals surface area contributed by atoms with Gasteiger partial charge in [-0.25, -0.2) is 14.4 Å². The highest BCUT2D eigenvalue weighted by Gasteiger charge is 2.36. The smallest absolute Gasteiger partial charge is 0.227 e. The zero-order chi connectivity index (χ0) is 23.8. The number of fused-ring (bicyclic) bond motifs is 1. The topological polar surface area (TPSA) is 110 Å². The lowest BCUT2D eigenvalue weighted by Crippen LogP contribution is -2.28. The average Bonchev–Trinajstić information content (AvgIpc) is 3.13. The summed E-state index contributed by atoms with van der Waals surface area (Å²) in [7, 11) is 3.97. The monoisotopic (exact) mass is 447 g/mol. The van der Waals surface area contributed by atoms with Gasteiger partial charge in [-0.1, -0.05) is 6.92 Å². The number of halogens is 1. The molecule has 33 heavy (non-hydrogen) atoms. The lowest BCUT2D eigenvalue weighted by Gasteiger charge is -2.21. The van der Waals surface area contributed by atoms with Crippen molar-refractivity contribution in [3.05, 3.63) is 58.8 Å². The number of nitriles is 1. The zero-order valence-corrected chi connectivity index (χ0v) is 19.1. The van der Waals surface area contributed by atoms with Crippen molar-refractivity contribution in [3.63, 3.8) is 0 Å². The van der Waals surface area contributed by atoms with Crippen LogP contribution in [0.3, 0.4) is 0 Å². The van der Waals surface area contributed by atoms with Gasteiger partial charge in [0.25, 0.3) is 0 Å². The molecule has 2 aromatic heterocycles. The molecular formula is C24H26FN7O. The Hall–Kier alpha value is -3.61. The number of aliphatic hydroxyl groups excluding tert-OH is 1. The second-order valence-corrected chi connectivity index (χ2v) is 8.85. The third-order valence-electron chi connectivity index (χ3n) is 5.87. The first kappa shape index (κ1) is 22.6. The maximum atomic E-state index is 14.8. The molecule has 0 aliphatic carbocycles. The number of hydrogen-bond acceptors (Lipinski definition) is 8. The molecule has 9 heteroatoms. The van der Waals surface area contributed by atoms with Crippen molar-refractivity contribution in [2.24, 2.45) is 0 Å². The van der Waals surface area contributed by atoms with Crippen LogP contribution >= 0.6 is 0 Å². The summed E-state index contributed by atoms with van der Waals surface area (Å²) >= 11 is 0. The summed E-state index contributed by atoms with van der Waals surface area (Å²) in [5, 5.41) is 25.9. The summed E-state index contributed by atoms with van der Waals surface area (Å²) in [6.07, 6.45) is 2.79. The first-order valence-electron chi connectivity index (χ1n) is 10.6. The minimum atomic E-state index is -0.601. The van der Waals surface area contributed by atoms with Gasteiger partial charge in [-0.3, -0.25) is 4.98 Å². The molecule has 1 aliphatic heterocycles. The second kappa shape index (κ2) is 8.73. The van der Waals surface area contributed by atoms with Crippen LogP contribution in [0, 0.1) is 24.1 Å². The zero-order valence-electron chi connectivity index (χ0n) is 19.1. The Balaban J connectivity index is 1.72. The van der Waals surface area contributed by atoms with Crippen molar-refractivity contribution in [1.29, 1.82) is 5.26 Å². The highest BCUT2D eigenvalue weighted by atomic mass is 19.1. The van der Waals surface area contributed by atoms with Crippen LogP contribution in [0.2, 0.25) is 0 Å². The van der Waals surface area contributed by atoms with Gasteiger partial charge in [-0.2, -0.15) is 5.26 Å². The summed E-state index contributed by atoms with van der Waals surface area (Å²) in [6.45, 7) is 4.97. The molecule has 0 spiro atoms. The van der Waals surface area contributed by atoms with Crippen LogP contribution in [0.4, 0.5) is 21.7 Å². The quantitative estimate of drug-likeness (QED) is 0.528. The number of nitrogens with zero attached hydrogens (tertiary/aromatic N) is 5. The number of benzene rings is 1. The summed E-state index contributed by atoms with van der Waals surface area (Å²) in [5.74, 6) is -0.383. The van der Waals surface area contributed by atoms with Gasteiger partial charge in [0.1, 0.15) is 11.8 Å². The molecular weight excluding hydrogens is 421 g/mol. The summed E-state index contributed by atoms with van der Waals surface area (Å²) < 4.78 is 14.8. The van der Waals surface area contributed by atoms with Gasteiger partial charge in [0.05, 0.1) is 35.9 Å². The van der Waals surface area contributed by atoms with Gasteiger partial charge in [0.2, 0.25) is 5.95 Å². The normalized spacial score (nSPS) is 16.9. The molecule has 0 fully saturated rings. The van der Waals surface area contributed by atoms with Crippen LogP contribution in [-0.2, 0) is 12.0 Å². The lowest BCUT2D eigenvalue weighted by atomic mass is 9.83. The molecule has 1 aliphatic rings. The first-order chi connectivity index (χ1) is 15.7. The van der Waals surface area contributed by atoms with Crippen molar-refractivity contribution in [1.82, 2.24) is 19.9 Å². The molecule has 0 saturated heterocycles. The van der Waals surface area contributed by atoms with Gasteiger partial charge in [-0.05, 0) is 50.3 Å². The van der Waals surface area contributed by atoms with E-state index >= 15 is 0 Å². The lowest BCUT2D eigenvalue weighted by molar-refractivity contribution is 0.219. The predicted octanol–water partition coefficient (Wildman–Crippen LogP) is 3.34.